The van der Waals surface area contributed by atoms with Crippen LogP contribution in [0.15, 0.2) is 27.5 Å². The summed E-state index contributed by atoms with van der Waals surface area (Å²) >= 11 is 2.02. The van der Waals surface area contributed by atoms with Crippen molar-refractivity contribution >= 4 is 34.7 Å². The first-order valence-corrected chi connectivity index (χ1v) is 7.79. The van der Waals surface area contributed by atoms with Crippen LogP contribution in [0.4, 0.5) is 4.79 Å². The standard InChI is InChI=1S/C15H17IN2O2/c1-10(18-16)11-2-4-12(5-3-11)13-6-7-15(8-13)9-20-14(19)17-15/h2-5,13H,6-9H2,1H3,(H,17,19)/b18-10+. The van der Waals surface area contributed by atoms with Crippen molar-refractivity contribution < 1.29 is 9.53 Å². The number of halogens is 1. The molecule has 1 amide bonds. The van der Waals surface area contributed by atoms with Crippen LogP contribution in [0.5, 0.6) is 0 Å². The second-order valence-corrected chi connectivity index (χ2v) is 6.20. The number of benzene rings is 1. The summed E-state index contributed by atoms with van der Waals surface area (Å²) in [6.07, 6.45) is 2.80. The Kier molecular flexibility index (Phi) is 3.70. The molecule has 1 N–H and O–H groups in total. The van der Waals surface area contributed by atoms with Crippen LogP contribution in [0.2, 0.25) is 0 Å². The van der Waals surface area contributed by atoms with Gasteiger partial charge in [0.05, 0.1) is 34.1 Å². The largest absolute Gasteiger partial charge is 0.447 e. The highest BCUT2D eigenvalue weighted by Crippen LogP contribution is 2.42. The molecule has 1 aliphatic heterocycles. The Morgan fingerprint density at radius 1 is 1.45 bits per heavy atom. The number of cyclic esters (lactones) is 1. The van der Waals surface area contributed by atoms with E-state index in [2.05, 4.69) is 32.8 Å². The molecule has 0 aromatic heterocycles. The minimum absolute atomic E-state index is 0.125. The van der Waals surface area contributed by atoms with Crippen molar-refractivity contribution in [2.45, 2.75) is 37.6 Å². The molecule has 4 nitrogen and oxygen atoms in total. The van der Waals surface area contributed by atoms with Gasteiger partial charge in [-0.15, -0.1) is 0 Å². The fraction of sp³-hybridized carbons (Fsp3) is 0.467. The quantitative estimate of drug-likeness (QED) is 0.626. The smallest absolute Gasteiger partial charge is 0.407 e. The normalized spacial score (nSPS) is 29.6. The molecule has 1 spiro atoms. The Morgan fingerprint density at radius 2 is 2.20 bits per heavy atom. The molecule has 1 aromatic rings. The zero-order valence-electron chi connectivity index (χ0n) is 11.4. The molecule has 1 aliphatic carbocycles. The fourth-order valence-electron chi connectivity index (χ4n) is 3.19. The third-order valence-corrected chi connectivity index (χ3v) is 5.11. The van der Waals surface area contributed by atoms with Crippen LogP contribution in [0, 0.1) is 0 Å². The van der Waals surface area contributed by atoms with Crippen LogP contribution in [-0.2, 0) is 4.74 Å². The van der Waals surface area contributed by atoms with Crippen LogP contribution in [-0.4, -0.2) is 24.0 Å². The maximum atomic E-state index is 11.3. The number of nitrogens with one attached hydrogen (secondary N) is 1. The number of hydrogen-bond donors (Lipinski definition) is 1. The highest BCUT2D eigenvalue weighted by atomic mass is 127. The van der Waals surface area contributed by atoms with E-state index in [1.807, 2.05) is 29.8 Å². The van der Waals surface area contributed by atoms with E-state index in [9.17, 15) is 4.79 Å². The SMILES string of the molecule is C/C(=N\I)c1ccc(C2CCC3(COC(=O)N3)C2)cc1. The molecule has 2 unspecified atom stereocenters. The van der Waals surface area contributed by atoms with Crippen LogP contribution in [0.1, 0.15) is 43.2 Å². The molecule has 2 aliphatic rings. The lowest BCUT2D eigenvalue weighted by Crippen LogP contribution is -2.40. The Balaban J connectivity index is 1.73. The third kappa shape index (κ3) is 2.55. The van der Waals surface area contributed by atoms with E-state index in [0.717, 1.165) is 30.5 Å². The van der Waals surface area contributed by atoms with E-state index >= 15 is 0 Å². The first kappa shape index (κ1) is 13.9. The zero-order valence-corrected chi connectivity index (χ0v) is 13.5. The Hall–Kier alpha value is -1.11. The van der Waals surface area contributed by atoms with E-state index in [-0.39, 0.29) is 11.6 Å². The van der Waals surface area contributed by atoms with Gasteiger partial charge in [0, 0.05) is 0 Å². The van der Waals surface area contributed by atoms with Crippen LogP contribution in [0.3, 0.4) is 0 Å². The summed E-state index contributed by atoms with van der Waals surface area (Å²) in [5.74, 6) is 0.503. The molecule has 5 heteroatoms. The monoisotopic (exact) mass is 384 g/mol. The summed E-state index contributed by atoms with van der Waals surface area (Å²) in [7, 11) is 0. The second kappa shape index (κ2) is 5.35. The van der Waals surface area contributed by atoms with E-state index in [1.165, 1.54) is 5.56 Å². The predicted molar refractivity (Wildman–Crippen MR) is 86.5 cm³/mol. The van der Waals surface area contributed by atoms with Gasteiger partial charge in [0.25, 0.3) is 0 Å². The average molecular weight is 384 g/mol. The van der Waals surface area contributed by atoms with Crippen LogP contribution in [0.25, 0.3) is 0 Å². The molecule has 1 heterocycles. The minimum atomic E-state index is -0.269. The third-order valence-electron chi connectivity index (χ3n) is 4.38. The lowest BCUT2D eigenvalue weighted by Gasteiger charge is -2.20. The molecular weight excluding hydrogens is 367 g/mol. The lowest BCUT2D eigenvalue weighted by molar-refractivity contribution is 0.172. The molecule has 20 heavy (non-hydrogen) atoms. The van der Waals surface area contributed by atoms with Crippen molar-refractivity contribution in [3.05, 3.63) is 35.4 Å². The summed E-state index contributed by atoms with van der Waals surface area (Å²) in [6, 6.07) is 8.62. The van der Waals surface area contributed by atoms with Crippen molar-refractivity contribution in [1.82, 2.24) is 5.32 Å². The van der Waals surface area contributed by atoms with Gasteiger partial charge in [-0.05, 0) is 43.2 Å². The maximum absolute atomic E-state index is 11.3. The lowest BCUT2D eigenvalue weighted by atomic mass is 9.92. The molecule has 3 rings (SSSR count). The average Bonchev–Trinajstić information content (AvgIpc) is 3.05. The maximum Gasteiger partial charge on any atom is 0.407 e. The number of carbonyl (C=O) groups excluding carboxylic acids is 1. The number of rotatable bonds is 2. The highest BCUT2D eigenvalue weighted by Gasteiger charge is 2.45. The van der Waals surface area contributed by atoms with E-state index < -0.39 is 0 Å². The highest BCUT2D eigenvalue weighted by molar-refractivity contribution is 14.1. The number of nitrogens with zero attached hydrogens (tertiary/aromatic N) is 1. The first-order chi connectivity index (χ1) is 9.62. The molecule has 1 saturated heterocycles. The molecule has 106 valence electrons. The molecule has 2 fully saturated rings. The van der Waals surface area contributed by atoms with Crippen LogP contribution >= 0.6 is 22.9 Å². The molecular formula is C15H17IN2O2. The zero-order chi connectivity index (χ0) is 14.2. The van der Waals surface area contributed by atoms with Gasteiger partial charge in [0.2, 0.25) is 0 Å². The minimum Gasteiger partial charge on any atom is -0.447 e. The van der Waals surface area contributed by atoms with Crippen molar-refractivity contribution in [2.75, 3.05) is 6.61 Å². The van der Waals surface area contributed by atoms with Gasteiger partial charge in [-0.2, -0.15) is 0 Å². The van der Waals surface area contributed by atoms with E-state index in [1.54, 1.807) is 0 Å². The number of hydrogen-bond acceptors (Lipinski definition) is 3. The molecule has 1 aromatic carbocycles. The van der Waals surface area contributed by atoms with Gasteiger partial charge in [0.15, 0.2) is 0 Å². The predicted octanol–water partition coefficient (Wildman–Crippen LogP) is 3.59. The summed E-state index contributed by atoms with van der Waals surface area (Å²) in [4.78, 5) is 11.3. The number of amides is 1. The number of ether oxygens (including phenoxy) is 1. The molecule has 1 saturated carbocycles. The van der Waals surface area contributed by atoms with Gasteiger partial charge in [0.1, 0.15) is 6.61 Å². The molecule has 0 bridgehead atoms. The van der Waals surface area contributed by atoms with Crippen molar-refractivity contribution in [3.63, 3.8) is 0 Å². The van der Waals surface area contributed by atoms with Gasteiger partial charge < -0.3 is 10.1 Å². The van der Waals surface area contributed by atoms with Gasteiger partial charge in [-0.3, -0.25) is 0 Å². The Bertz CT molecular complexity index is 555. The van der Waals surface area contributed by atoms with Crippen molar-refractivity contribution in [3.8, 4) is 0 Å². The summed E-state index contributed by atoms with van der Waals surface area (Å²) < 4.78 is 9.25. The Labute approximate surface area is 132 Å². The Morgan fingerprint density at radius 3 is 2.80 bits per heavy atom. The first-order valence-electron chi connectivity index (χ1n) is 6.83. The summed E-state index contributed by atoms with van der Waals surface area (Å²) in [6.45, 7) is 2.53. The topological polar surface area (TPSA) is 50.7 Å². The molecule has 2 atom stereocenters. The fourth-order valence-corrected chi connectivity index (χ4v) is 3.47. The van der Waals surface area contributed by atoms with Gasteiger partial charge >= 0.3 is 6.09 Å². The van der Waals surface area contributed by atoms with Crippen molar-refractivity contribution in [1.29, 1.82) is 0 Å². The van der Waals surface area contributed by atoms with E-state index in [0.29, 0.717) is 12.5 Å². The summed E-state index contributed by atoms with van der Waals surface area (Å²) in [5, 5.41) is 2.99. The second-order valence-electron chi connectivity index (χ2n) is 5.71. The number of alkyl carbamates (subject to hydrolysis) is 1. The van der Waals surface area contributed by atoms with Crippen LogP contribution < -0.4 is 5.32 Å². The molecule has 0 radical (unpaired) electrons. The van der Waals surface area contributed by atoms with Crippen molar-refractivity contribution in [2.24, 2.45) is 3.21 Å². The van der Waals surface area contributed by atoms with E-state index in [4.69, 9.17) is 4.74 Å². The summed E-state index contributed by atoms with van der Waals surface area (Å²) in [5.41, 5.74) is 3.41. The van der Waals surface area contributed by atoms with Gasteiger partial charge in [-0.25, -0.2) is 8.00 Å². The van der Waals surface area contributed by atoms with Gasteiger partial charge in [-0.1, -0.05) is 24.3 Å². The number of carbonyl (C=O) groups is 1.